The number of likely N-dealkylation sites (tertiary alicyclic amines) is 1. The molecule has 1 saturated carbocycles. The van der Waals surface area contributed by atoms with Crippen LogP contribution in [0.1, 0.15) is 38.8 Å². The van der Waals surface area contributed by atoms with E-state index in [1.807, 2.05) is 16.9 Å². The van der Waals surface area contributed by atoms with Gasteiger partial charge in [-0.3, -0.25) is 4.98 Å². The van der Waals surface area contributed by atoms with Gasteiger partial charge in [0, 0.05) is 49.3 Å². The molecule has 4 aliphatic rings. The molecule has 2 atom stereocenters. The van der Waals surface area contributed by atoms with E-state index in [9.17, 15) is 8.78 Å². The summed E-state index contributed by atoms with van der Waals surface area (Å²) in [6.07, 6.45) is 17.1. The fourth-order valence-electron chi connectivity index (χ4n) is 5.22. The van der Waals surface area contributed by atoms with Crippen LogP contribution in [-0.2, 0) is 0 Å². The number of alkyl halides is 2. The van der Waals surface area contributed by atoms with E-state index in [1.54, 1.807) is 17.3 Å². The summed E-state index contributed by atoms with van der Waals surface area (Å²) in [6.45, 7) is 5.72. The monoisotopic (exact) mass is 496 g/mol. The quantitative estimate of drug-likeness (QED) is 0.600. The molecule has 2 saturated heterocycles. The summed E-state index contributed by atoms with van der Waals surface area (Å²) in [5.41, 5.74) is 3.43. The predicted molar refractivity (Wildman–Crippen MR) is 134 cm³/mol. The van der Waals surface area contributed by atoms with Crippen LogP contribution < -0.4 is 10.2 Å². The average molecular weight is 497 g/mol. The third-order valence-electron chi connectivity index (χ3n) is 7.73. The number of pyridine rings is 1. The van der Waals surface area contributed by atoms with Crippen LogP contribution >= 0.6 is 0 Å². The van der Waals surface area contributed by atoms with Crippen molar-refractivity contribution in [2.75, 3.05) is 44.2 Å². The van der Waals surface area contributed by atoms with Gasteiger partial charge in [-0.2, -0.15) is 0 Å². The predicted octanol–water partition coefficient (Wildman–Crippen LogP) is 3.49. The van der Waals surface area contributed by atoms with Crippen molar-refractivity contribution in [2.45, 2.75) is 50.7 Å². The minimum absolute atomic E-state index is 0.0140. The van der Waals surface area contributed by atoms with Crippen LogP contribution in [0.25, 0.3) is 11.3 Å². The number of halogens is 2. The average Bonchev–Trinajstić information content (AvgIpc) is 3.59. The molecular weight excluding hydrogens is 462 g/mol. The van der Waals surface area contributed by atoms with Crippen LogP contribution in [0, 0.1) is 5.92 Å². The molecule has 2 aromatic heterocycles. The van der Waals surface area contributed by atoms with Gasteiger partial charge in [0.25, 0.3) is 5.92 Å². The second kappa shape index (κ2) is 9.46. The SMILES string of the molecule is CC(N1C=CC(N2CCC[C@@H](NCC3CC3)C2)=CC1)n1cc(-c2cncc(N3CC(F)(F)C3)c2)nn1. The van der Waals surface area contributed by atoms with Crippen LogP contribution in [0.4, 0.5) is 14.5 Å². The Kier molecular flexibility index (Phi) is 6.15. The Morgan fingerprint density at radius 2 is 2.03 bits per heavy atom. The van der Waals surface area contributed by atoms with Crippen molar-refractivity contribution in [3.05, 3.63) is 48.7 Å². The summed E-state index contributed by atoms with van der Waals surface area (Å²) >= 11 is 0. The molecule has 5 heterocycles. The lowest BCUT2D eigenvalue weighted by Gasteiger charge is -2.40. The van der Waals surface area contributed by atoms with Crippen molar-refractivity contribution < 1.29 is 8.78 Å². The van der Waals surface area contributed by atoms with Gasteiger partial charge >= 0.3 is 0 Å². The van der Waals surface area contributed by atoms with Gasteiger partial charge in [0.2, 0.25) is 0 Å². The van der Waals surface area contributed by atoms with Crippen molar-refractivity contribution in [2.24, 2.45) is 5.92 Å². The number of aromatic nitrogens is 4. The molecule has 3 aliphatic heterocycles. The van der Waals surface area contributed by atoms with E-state index < -0.39 is 5.92 Å². The first-order valence-electron chi connectivity index (χ1n) is 13.1. The molecular formula is C26H34F2N8. The third kappa shape index (κ3) is 5.09. The second-order valence-electron chi connectivity index (χ2n) is 10.6. The zero-order valence-corrected chi connectivity index (χ0v) is 20.7. The summed E-state index contributed by atoms with van der Waals surface area (Å²) in [6, 6.07) is 2.44. The Morgan fingerprint density at radius 1 is 1.17 bits per heavy atom. The van der Waals surface area contributed by atoms with Gasteiger partial charge in [0.05, 0.1) is 31.2 Å². The molecule has 192 valence electrons. The van der Waals surface area contributed by atoms with Gasteiger partial charge in [-0.05, 0) is 63.3 Å². The number of rotatable bonds is 8. The maximum atomic E-state index is 13.3. The summed E-state index contributed by atoms with van der Waals surface area (Å²) in [5.74, 6) is -1.71. The van der Waals surface area contributed by atoms with E-state index >= 15 is 0 Å². The normalized spacial score (nSPS) is 24.5. The van der Waals surface area contributed by atoms with E-state index in [2.05, 4.69) is 55.7 Å². The van der Waals surface area contributed by atoms with Gasteiger partial charge < -0.3 is 20.0 Å². The molecule has 6 rings (SSSR count). The lowest BCUT2D eigenvalue weighted by atomic mass is 10.0. The molecule has 0 amide bonds. The smallest absolute Gasteiger partial charge is 0.282 e. The number of anilines is 1. The molecule has 2 aromatic rings. The van der Waals surface area contributed by atoms with Crippen molar-refractivity contribution in [1.82, 2.24) is 35.1 Å². The number of piperidine rings is 1. The first kappa shape index (κ1) is 23.4. The van der Waals surface area contributed by atoms with Crippen LogP contribution in [0.15, 0.2) is 48.7 Å². The van der Waals surface area contributed by atoms with Crippen molar-refractivity contribution in [3.63, 3.8) is 0 Å². The Labute approximate surface area is 210 Å². The highest BCUT2D eigenvalue weighted by Crippen LogP contribution is 2.33. The van der Waals surface area contributed by atoms with E-state index in [-0.39, 0.29) is 19.3 Å². The van der Waals surface area contributed by atoms with Crippen LogP contribution in [-0.4, -0.2) is 81.0 Å². The van der Waals surface area contributed by atoms with Gasteiger partial charge in [-0.1, -0.05) is 5.21 Å². The molecule has 1 unspecified atom stereocenters. The third-order valence-corrected chi connectivity index (χ3v) is 7.73. The Hall–Kier alpha value is -3.01. The minimum atomic E-state index is -2.62. The molecule has 0 aromatic carbocycles. The summed E-state index contributed by atoms with van der Waals surface area (Å²) < 4.78 is 28.4. The van der Waals surface area contributed by atoms with Crippen LogP contribution in [0.5, 0.6) is 0 Å². The highest BCUT2D eigenvalue weighted by Gasteiger charge is 2.44. The highest BCUT2D eigenvalue weighted by molar-refractivity contribution is 5.64. The maximum Gasteiger partial charge on any atom is 0.282 e. The zero-order chi connectivity index (χ0) is 24.7. The molecule has 36 heavy (non-hydrogen) atoms. The summed E-state index contributed by atoms with van der Waals surface area (Å²) in [4.78, 5) is 10.6. The number of hydrogen-bond acceptors (Lipinski definition) is 7. The molecule has 10 heteroatoms. The summed E-state index contributed by atoms with van der Waals surface area (Å²) in [5, 5.41) is 12.5. The molecule has 3 fully saturated rings. The van der Waals surface area contributed by atoms with E-state index in [1.165, 1.54) is 37.9 Å². The fourth-order valence-corrected chi connectivity index (χ4v) is 5.22. The first-order chi connectivity index (χ1) is 17.4. The first-order valence-corrected chi connectivity index (χ1v) is 13.1. The molecule has 1 aliphatic carbocycles. The molecule has 0 radical (unpaired) electrons. The molecule has 8 nitrogen and oxygen atoms in total. The van der Waals surface area contributed by atoms with Crippen LogP contribution in [0.2, 0.25) is 0 Å². The molecule has 1 N–H and O–H groups in total. The largest absolute Gasteiger partial charge is 0.370 e. The zero-order valence-electron chi connectivity index (χ0n) is 20.7. The lowest BCUT2D eigenvalue weighted by Crippen LogP contribution is -2.56. The maximum absolute atomic E-state index is 13.3. The Balaban J connectivity index is 1.06. The van der Waals surface area contributed by atoms with Crippen LogP contribution in [0.3, 0.4) is 0 Å². The fraction of sp³-hybridized carbons (Fsp3) is 0.577. The van der Waals surface area contributed by atoms with E-state index in [0.29, 0.717) is 17.4 Å². The standard InChI is InChI=1S/C26H34F2N8/c1-19(33-9-6-23(7-10-33)34-8-2-3-22(15-34)30-12-20-4-5-20)36-16-25(31-32-36)21-11-24(14-29-13-21)35-17-26(27,28)18-35/h6-7,9,11,13-14,16,19-20,22,30H,2-5,8,10,12,15,17-18H2,1H3/t19?,22-/m1/s1. The number of nitrogens with zero attached hydrogens (tertiary/aromatic N) is 7. The number of nitrogens with one attached hydrogen (secondary N) is 1. The highest BCUT2D eigenvalue weighted by atomic mass is 19.3. The van der Waals surface area contributed by atoms with E-state index in [0.717, 1.165) is 31.1 Å². The van der Waals surface area contributed by atoms with Gasteiger partial charge in [-0.25, -0.2) is 13.5 Å². The second-order valence-corrected chi connectivity index (χ2v) is 10.6. The summed E-state index contributed by atoms with van der Waals surface area (Å²) in [7, 11) is 0. The number of allylic oxidation sites excluding steroid dienone is 1. The van der Waals surface area contributed by atoms with Gasteiger partial charge in [0.15, 0.2) is 0 Å². The topological polar surface area (TPSA) is 65.3 Å². The van der Waals surface area contributed by atoms with Gasteiger partial charge in [-0.15, -0.1) is 5.10 Å². The van der Waals surface area contributed by atoms with Crippen molar-refractivity contribution in [1.29, 1.82) is 0 Å². The molecule has 0 bridgehead atoms. The Bertz CT molecular complexity index is 1130. The molecule has 0 spiro atoms. The van der Waals surface area contributed by atoms with E-state index in [4.69, 9.17) is 0 Å². The lowest BCUT2D eigenvalue weighted by molar-refractivity contribution is -0.0262. The number of hydrogen-bond donors (Lipinski definition) is 1. The minimum Gasteiger partial charge on any atom is -0.370 e. The Morgan fingerprint density at radius 3 is 2.78 bits per heavy atom. The van der Waals surface area contributed by atoms with Crippen molar-refractivity contribution >= 4 is 5.69 Å². The van der Waals surface area contributed by atoms with Crippen molar-refractivity contribution in [3.8, 4) is 11.3 Å². The van der Waals surface area contributed by atoms with Gasteiger partial charge in [0.1, 0.15) is 11.9 Å².